The van der Waals surface area contributed by atoms with Crippen LogP contribution in [0.2, 0.25) is 0 Å². The first-order valence-corrected chi connectivity index (χ1v) is 10.0. The van der Waals surface area contributed by atoms with Crippen LogP contribution in [-0.2, 0) is 6.18 Å². The first-order valence-electron chi connectivity index (χ1n) is 8.65. The summed E-state index contributed by atoms with van der Waals surface area (Å²) in [5, 5.41) is 0. The number of halogens is 6. The summed E-state index contributed by atoms with van der Waals surface area (Å²) in [7, 11) is 5.52. The highest BCUT2D eigenvalue weighted by Gasteiger charge is 2.35. The van der Waals surface area contributed by atoms with Crippen LogP contribution in [0, 0.1) is 5.82 Å². The van der Waals surface area contributed by atoms with E-state index < -0.39 is 53.6 Å². The maximum atomic E-state index is 14.5. The van der Waals surface area contributed by atoms with Gasteiger partial charge < -0.3 is 0 Å². The number of rotatable bonds is 5. The van der Waals surface area contributed by atoms with Gasteiger partial charge >= 0.3 is 6.18 Å². The second-order valence-corrected chi connectivity index (χ2v) is 7.55. The van der Waals surface area contributed by atoms with Crippen molar-refractivity contribution in [3.8, 4) is 11.5 Å². The number of aromatic nitrogens is 3. The quantitative estimate of drug-likeness (QED) is 0.215. The molecule has 0 spiro atoms. The van der Waals surface area contributed by atoms with Gasteiger partial charge in [0.2, 0.25) is 0 Å². The summed E-state index contributed by atoms with van der Waals surface area (Å²) in [4.78, 5) is 16.9. The average molecular weight is 483 g/mol. The molecular formula is C19H8BF6N3OS2. The summed E-state index contributed by atoms with van der Waals surface area (Å²) in [5.41, 5.74) is -2.85. The van der Waals surface area contributed by atoms with Gasteiger partial charge in [-0.1, -0.05) is 29.7 Å². The van der Waals surface area contributed by atoms with E-state index in [0.717, 1.165) is 34.4 Å². The molecule has 0 saturated heterocycles. The fourth-order valence-corrected chi connectivity index (χ4v) is 4.02. The molecule has 0 N–H and O–H groups in total. The van der Waals surface area contributed by atoms with Crippen molar-refractivity contribution in [2.24, 2.45) is 0 Å². The number of alkyl halides is 3. The normalized spacial score (nSPS) is 11.9. The first-order chi connectivity index (χ1) is 15.2. The Morgan fingerprint density at radius 2 is 1.78 bits per heavy atom. The molecule has 2 aromatic heterocycles. The minimum absolute atomic E-state index is 0.00347. The molecule has 0 fully saturated rings. The molecule has 0 aliphatic carbocycles. The lowest BCUT2D eigenvalue weighted by Crippen LogP contribution is -2.13. The van der Waals surface area contributed by atoms with Crippen LogP contribution in [0.15, 0.2) is 48.7 Å². The summed E-state index contributed by atoms with van der Waals surface area (Å²) in [6.45, 7) is 0. The molecule has 4 nitrogen and oxygen atoms in total. The van der Waals surface area contributed by atoms with Gasteiger partial charge in [-0.2, -0.15) is 13.2 Å². The van der Waals surface area contributed by atoms with Crippen molar-refractivity contribution >= 4 is 54.8 Å². The van der Waals surface area contributed by atoms with E-state index in [1.54, 1.807) is 0 Å². The standard InChI is InChI=1S/C19H8BF6N3OS2/c20-12-5-6-13-16(15(12)21)29(32-26)18(27-13)14-7-9(8-28(14)31-25)17(30)10-3-1-2-4-11(10)19(22,23)24/h1-8H. The Morgan fingerprint density at radius 1 is 1.06 bits per heavy atom. The molecule has 0 unspecified atom stereocenters. The molecule has 4 rings (SSSR count). The van der Waals surface area contributed by atoms with Crippen LogP contribution in [0.3, 0.4) is 0 Å². The number of carbonyl (C=O) groups excluding carboxylic acids is 1. The maximum absolute atomic E-state index is 14.5. The molecule has 0 aliphatic heterocycles. The van der Waals surface area contributed by atoms with Crippen LogP contribution in [0.1, 0.15) is 21.5 Å². The van der Waals surface area contributed by atoms with Gasteiger partial charge in [-0.05, 0) is 18.2 Å². The van der Waals surface area contributed by atoms with Crippen molar-refractivity contribution in [2.75, 3.05) is 0 Å². The van der Waals surface area contributed by atoms with Crippen LogP contribution in [0.25, 0.3) is 22.6 Å². The fraction of sp³-hybridized carbons (Fsp3) is 0.0526. The largest absolute Gasteiger partial charge is 0.417 e. The zero-order valence-electron chi connectivity index (χ0n) is 15.5. The molecular weight excluding hydrogens is 475 g/mol. The van der Waals surface area contributed by atoms with Crippen LogP contribution < -0.4 is 5.46 Å². The van der Waals surface area contributed by atoms with E-state index in [-0.39, 0.29) is 33.6 Å². The van der Waals surface area contributed by atoms with E-state index in [4.69, 9.17) is 7.85 Å². The van der Waals surface area contributed by atoms with Gasteiger partial charge in [-0.25, -0.2) is 13.3 Å². The highest BCUT2D eigenvalue weighted by molar-refractivity contribution is 7.93. The van der Waals surface area contributed by atoms with Crippen LogP contribution >= 0.6 is 24.7 Å². The van der Waals surface area contributed by atoms with Crippen LogP contribution in [-0.4, -0.2) is 26.6 Å². The van der Waals surface area contributed by atoms with E-state index in [1.807, 2.05) is 0 Å². The Balaban J connectivity index is 1.88. The summed E-state index contributed by atoms with van der Waals surface area (Å²) in [6, 6.07) is 7.73. The van der Waals surface area contributed by atoms with Gasteiger partial charge in [0, 0.05) is 17.3 Å². The smallest absolute Gasteiger partial charge is 0.289 e. The van der Waals surface area contributed by atoms with E-state index in [9.17, 15) is 30.1 Å². The third kappa shape index (κ3) is 3.68. The lowest BCUT2D eigenvalue weighted by atomic mass is 9.95. The van der Waals surface area contributed by atoms with Gasteiger partial charge in [-0.15, -0.1) is 7.77 Å². The zero-order valence-corrected chi connectivity index (χ0v) is 17.2. The predicted molar refractivity (Wildman–Crippen MR) is 112 cm³/mol. The molecule has 2 heterocycles. The SMILES string of the molecule is [B]c1ccc2nc(-c3cc(C(=O)c4ccccc4C(F)(F)F)cn3SF)n(SF)c2c1F. The Bertz CT molecular complexity index is 1350. The molecule has 2 radical (unpaired) electrons. The molecule has 4 aromatic rings. The Hall–Kier alpha value is -2.80. The van der Waals surface area contributed by atoms with Gasteiger partial charge in [-0.3, -0.25) is 8.77 Å². The maximum Gasteiger partial charge on any atom is 0.417 e. The summed E-state index contributed by atoms with van der Waals surface area (Å²) in [6.07, 6.45) is -3.84. The van der Waals surface area contributed by atoms with Crippen LogP contribution in [0.4, 0.5) is 25.3 Å². The van der Waals surface area contributed by atoms with Crippen molar-refractivity contribution in [1.29, 1.82) is 0 Å². The van der Waals surface area contributed by atoms with E-state index in [0.29, 0.717) is 3.97 Å². The lowest BCUT2D eigenvalue weighted by molar-refractivity contribution is -0.137. The number of ketones is 1. The monoisotopic (exact) mass is 483 g/mol. The minimum atomic E-state index is -4.79. The fourth-order valence-electron chi connectivity index (χ4n) is 3.22. The van der Waals surface area contributed by atoms with E-state index in [2.05, 4.69) is 4.98 Å². The van der Waals surface area contributed by atoms with Crippen LogP contribution in [0.5, 0.6) is 0 Å². The highest BCUT2D eigenvalue weighted by atomic mass is 32.2. The molecule has 162 valence electrons. The zero-order chi connectivity index (χ0) is 23.2. The Morgan fingerprint density at radius 3 is 2.44 bits per heavy atom. The van der Waals surface area contributed by atoms with Gasteiger partial charge in [0.05, 0.1) is 16.8 Å². The number of carbonyl (C=O) groups is 1. The van der Waals surface area contributed by atoms with Gasteiger partial charge in [0.15, 0.2) is 36.3 Å². The molecule has 13 heteroatoms. The molecule has 0 bridgehead atoms. The number of hydrogen-bond acceptors (Lipinski definition) is 4. The predicted octanol–water partition coefficient (Wildman–Crippen LogP) is 5.45. The molecule has 0 atom stereocenters. The number of imidazole rings is 1. The molecule has 0 saturated carbocycles. The number of fused-ring (bicyclic) bond motifs is 1. The first kappa shape index (κ1) is 22.4. The van der Waals surface area contributed by atoms with E-state index in [1.165, 1.54) is 18.2 Å². The number of benzene rings is 2. The Labute approximate surface area is 186 Å². The highest BCUT2D eigenvalue weighted by Crippen LogP contribution is 2.36. The van der Waals surface area contributed by atoms with Crippen molar-refractivity contribution in [2.45, 2.75) is 6.18 Å². The molecule has 32 heavy (non-hydrogen) atoms. The summed E-state index contributed by atoms with van der Waals surface area (Å²) < 4.78 is 83.2. The third-order valence-corrected chi connectivity index (χ3v) is 5.59. The molecule has 0 amide bonds. The average Bonchev–Trinajstić information content (AvgIpc) is 3.36. The second-order valence-electron chi connectivity index (χ2n) is 6.52. The van der Waals surface area contributed by atoms with Crippen molar-refractivity contribution in [3.63, 3.8) is 0 Å². The topological polar surface area (TPSA) is 39.8 Å². The molecule has 2 aromatic carbocycles. The van der Waals surface area contributed by atoms with Gasteiger partial charge in [0.1, 0.15) is 19.2 Å². The second kappa shape index (κ2) is 8.28. The third-order valence-electron chi connectivity index (χ3n) is 4.64. The summed E-state index contributed by atoms with van der Waals surface area (Å²) >= 11 is -0.823. The van der Waals surface area contributed by atoms with E-state index >= 15 is 0 Å². The number of hydrogen-bond donors (Lipinski definition) is 0. The molecule has 0 aliphatic rings. The van der Waals surface area contributed by atoms with Crippen molar-refractivity contribution < 1.29 is 30.1 Å². The minimum Gasteiger partial charge on any atom is -0.289 e. The van der Waals surface area contributed by atoms with Crippen molar-refractivity contribution in [3.05, 3.63) is 71.2 Å². The number of nitrogens with zero attached hydrogens (tertiary/aromatic N) is 3. The van der Waals surface area contributed by atoms with Crippen molar-refractivity contribution in [1.82, 2.24) is 12.9 Å². The lowest BCUT2D eigenvalue weighted by Gasteiger charge is -2.10. The summed E-state index contributed by atoms with van der Waals surface area (Å²) in [5.74, 6) is -2.25. The van der Waals surface area contributed by atoms with Gasteiger partial charge in [0.25, 0.3) is 0 Å². The Kier molecular flexibility index (Phi) is 5.80.